The van der Waals surface area contributed by atoms with Crippen LogP contribution >= 0.6 is 34.8 Å². The number of amides is 1. The Labute approximate surface area is 178 Å². The minimum Gasteiger partial charge on any atom is -0.366 e. The van der Waals surface area contributed by atoms with Crippen LogP contribution in [0.3, 0.4) is 0 Å². The van der Waals surface area contributed by atoms with Gasteiger partial charge in [0.1, 0.15) is 0 Å². The Hall–Kier alpha value is -1.58. The SMILES string of the molecule is CC(=O)Nc1ccc(S(=O)(=O)N2CCN(c3c(Cl)cncc3Cl)CC2)cc1Cl. The van der Waals surface area contributed by atoms with Crippen LogP contribution in [0.25, 0.3) is 0 Å². The monoisotopic (exact) mass is 462 g/mol. The average molecular weight is 464 g/mol. The van der Waals surface area contributed by atoms with Crippen LogP contribution in [-0.4, -0.2) is 49.8 Å². The second-order valence-corrected chi connectivity index (χ2v) is 9.33. The third kappa shape index (κ3) is 4.36. The molecule has 1 N–H and O–H groups in total. The van der Waals surface area contributed by atoms with Gasteiger partial charge in [-0.05, 0) is 18.2 Å². The molecule has 1 aliphatic rings. The third-order valence-electron chi connectivity index (χ3n) is 4.27. The Kier molecular flexibility index (Phi) is 6.36. The predicted molar refractivity (Wildman–Crippen MR) is 111 cm³/mol. The first kappa shape index (κ1) is 21.1. The van der Waals surface area contributed by atoms with E-state index < -0.39 is 10.0 Å². The molecule has 11 heteroatoms. The normalized spacial score (nSPS) is 15.5. The highest BCUT2D eigenvalue weighted by Crippen LogP contribution is 2.34. The van der Waals surface area contributed by atoms with Crippen molar-refractivity contribution in [1.29, 1.82) is 0 Å². The van der Waals surface area contributed by atoms with Gasteiger partial charge in [-0.1, -0.05) is 34.8 Å². The highest BCUT2D eigenvalue weighted by Gasteiger charge is 2.30. The van der Waals surface area contributed by atoms with E-state index in [4.69, 9.17) is 34.8 Å². The van der Waals surface area contributed by atoms with Gasteiger partial charge in [0.05, 0.1) is 31.3 Å². The fraction of sp³-hybridized carbons (Fsp3) is 0.294. The lowest BCUT2D eigenvalue weighted by molar-refractivity contribution is -0.114. The molecule has 0 radical (unpaired) electrons. The molecule has 2 heterocycles. The van der Waals surface area contributed by atoms with Crippen LogP contribution in [0.2, 0.25) is 15.1 Å². The van der Waals surface area contributed by atoms with Gasteiger partial charge >= 0.3 is 0 Å². The number of carbonyl (C=O) groups is 1. The number of hydrogen-bond donors (Lipinski definition) is 1. The van der Waals surface area contributed by atoms with E-state index >= 15 is 0 Å². The lowest BCUT2D eigenvalue weighted by atomic mass is 10.3. The summed E-state index contributed by atoms with van der Waals surface area (Å²) in [5, 5.41) is 3.55. The number of rotatable bonds is 4. The molecule has 0 saturated carbocycles. The molecular weight excluding hydrogens is 447 g/mol. The number of hydrogen-bond acceptors (Lipinski definition) is 5. The summed E-state index contributed by atoms with van der Waals surface area (Å²) in [6.45, 7) is 2.74. The maximum atomic E-state index is 12.9. The fourth-order valence-corrected chi connectivity index (χ4v) is 5.30. The van der Waals surface area contributed by atoms with Gasteiger partial charge in [0.25, 0.3) is 0 Å². The number of benzene rings is 1. The first-order valence-electron chi connectivity index (χ1n) is 8.31. The fourth-order valence-electron chi connectivity index (χ4n) is 2.96. The summed E-state index contributed by atoms with van der Waals surface area (Å²) in [6.07, 6.45) is 3.01. The van der Waals surface area contributed by atoms with Crippen LogP contribution in [-0.2, 0) is 14.8 Å². The van der Waals surface area contributed by atoms with Crippen LogP contribution < -0.4 is 10.2 Å². The largest absolute Gasteiger partial charge is 0.366 e. The molecule has 1 saturated heterocycles. The van der Waals surface area contributed by atoms with E-state index in [1.165, 1.54) is 41.8 Å². The quantitative estimate of drug-likeness (QED) is 0.750. The Bertz CT molecular complexity index is 988. The number of pyridine rings is 1. The number of anilines is 2. The van der Waals surface area contributed by atoms with Crippen molar-refractivity contribution >= 4 is 62.1 Å². The Morgan fingerprint density at radius 1 is 1.04 bits per heavy atom. The van der Waals surface area contributed by atoms with E-state index in [9.17, 15) is 13.2 Å². The summed E-state index contributed by atoms with van der Waals surface area (Å²) in [4.78, 5) is 17.1. The van der Waals surface area contributed by atoms with Crippen LogP contribution in [0.15, 0.2) is 35.5 Å². The molecular formula is C17H17Cl3N4O3S. The van der Waals surface area contributed by atoms with Gasteiger partial charge in [0.15, 0.2) is 0 Å². The molecule has 7 nitrogen and oxygen atoms in total. The second-order valence-electron chi connectivity index (χ2n) is 6.17. The lowest BCUT2D eigenvalue weighted by Crippen LogP contribution is -2.48. The highest BCUT2D eigenvalue weighted by atomic mass is 35.5. The van der Waals surface area contributed by atoms with Crippen molar-refractivity contribution in [2.75, 3.05) is 36.4 Å². The molecule has 0 unspecified atom stereocenters. The summed E-state index contributed by atoms with van der Waals surface area (Å²) in [7, 11) is -3.72. The second kappa shape index (κ2) is 8.42. The lowest BCUT2D eigenvalue weighted by Gasteiger charge is -2.36. The third-order valence-corrected chi connectivity index (χ3v) is 7.03. The Morgan fingerprint density at radius 2 is 1.64 bits per heavy atom. The summed E-state index contributed by atoms with van der Waals surface area (Å²) in [5.74, 6) is -0.290. The van der Waals surface area contributed by atoms with Gasteiger partial charge in [-0.2, -0.15) is 4.31 Å². The molecule has 1 fully saturated rings. The minimum atomic E-state index is -3.72. The van der Waals surface area contributed by atoms with Gasteiger partial charge in [0, 0.05) is 45.5 Å². The molecule has 2 aromatic rings. The molecule has 1 aliphatic heterocycles. The number of aromatic nitrogens is 1. The molecule has 3 rings (SSSR count). The maximum absolute atomic E-state index is 12.9. The number of carbonyl (C=O) groups excluding carboxylic acids is 1. The first-order valence-corrected chi connectivity index (χ1v) is 10.9. The number of piperazine rings is 1. The summed E-state index contributed by atoms with van der Waals surface area (Å²) < 4.78 is 27.3. The molecule has 0 aliphatic carbocycles. The van der Waals surface area contributed by atoms with Crippen molar-refractivity contribution in [3.63, 3.8) is 0 Å². The average Bonchev–Trinajstić information content (AvgIpc) is 2.63. The zero-order valence-electron chi connectivity index (χ0n) is 14.8. The Balaban J connectivity index is 1.76. The van der Waals surface area contributed by atoms with Crippen molar-refractivity contribution in [3.8, 4) is 0 Å². The molecule has 150 valence electrons. The molecule has 1 aromatic heterocycles. The number of nitrogens with one attached hydrogen (secondary N) is 1. The van der Waals surface area contributed by atoms with E-state index in [2.05, 4.69) is 10.3 Å². The first-order chi connectivity index (χ1) is 13.2. The molecule has 1 aromatic carbocycles. The van der Waals surface area contributed by atoms with Crippen molar-refractivity contribution in [3.05, 3.63) is 45.7 Å². The summed E-state index contributed by atoms with van der Waals surface area (Å²) in [5.41, 5.74) is 1.01. The standard InChI is InChI=1S/C17H17Cl3N4O3S/c1-11(25)22-16-3-2-12(8-13(16)18)28(26,27)24-6-4-23(5-7-24)17-14(19)9-21-10-15(17)20/h2-3,8-10H,4-7H2,1H3,(H,22,25). The maximum Gasteiger partial charge on any atom is 0.243 e. The number of nitrogens with zero attached hydrogens (tertiary/aromatic N) is 3. The van der Waals surface area contributed by atoms with E-state index in [0.29, 0.717) is 34.5 Å². The van der Waals surface area contributed by atoms with Gasteiger partial charge in [-0.15, -0.1) is 0 Å². The van der Waals surface area contributed by atoms with E-state index in [1.54, 1.807) is 0 Å². The zero-order valence-corrected chi connectivity index (χ0v) is 17.9. The van der Waals surface area contributed by atoms with Gasteiger partial charge in [-0.25, -0.2) is 8.42 Å². The van der Waals surface area contributed by atoms with Crippen molar-refractivity contribution in [1.82, 2.24) is 9.29 Å². The number of sulfonamides is 1. The van der Waals surface area contributed by atoms with Crippen molar-refractivity contribution in [2.45, 2.75) is 11.8 Å². The van der Waals surface area contributed by atoms with E-state index in [1.807, 2.05) is 4.90 Å². The van der Waals surface area contributed by atoms with Crippen molar-refractivity contribution < 1.29 is 13.2 Å². The van der Waals surface area contributed by atoms with Crippen molar-refractivity contribution in [2.24, 2.45) is 0 Å². The molecule has 28 heavy (non-hydrogen) atoms. The molecule has 1 amide bonds. The summed E-state index contributed by atoms with van der Waals surface area (Å²) in [6, 6.07) is 4.24. The highest BCUT2D eigenvalue weighted by molar-refractivity contribution is 7.89. The van der Waals surface area contributed by atoms with E-state index in [-0.39, 0.29) is 28.9 Å². The van der Waals surface area contributed by atoms with Gasteiger partial charge < -0.3 is 10.2 Å². The smallest absolute Gasteiger partial charge is 0.243 e. The summed E-state index contributed by atoms with van der Waals surface area (Å²) >= 11 is 18.5. The van der Waals surface area contributed by atoms with Crippen LogP contribution in [0.1, 0.15) is 6.92 Å². The topological polar surface area (TPSA) is 82.6 Å². The zero-order chi connectivity index (χ0) is 20.5. The molecule has 0 spiro atoms. The van der Waals surface area contributed by atoms with Gasteiger partial charge in [0.2, 0.25) is 15.9 Å². The Morgan fingerprint density at radius 3 is 2.18 bits per heavy atom. The number of halogens is 3. The predicted octanol–water partition coefficient (Wildman–Crippen LogP) is 3.51. The van der Waals surface area contributed by atoms with Crippen LogP contribution in [0.4, 0.5) is 11.4 Å². The molecule has 0 atom stereocenters. The van der Waals surface area contributed by atoms with Crippen LogP contribution in [0.5, 0.6) is 0 Å². The minimum absolute atomic E-state index is 0.0695. The van der Waals surface area contributed by atoms with Gasteiger partial charge in [-0.3, -0.25) is 9.78 Å². The van der Waals surface area contributed by atoms with E-state index in [0.717, 1.165) is 0 Å². The molecule has 0 bridgehead atoms. The van der Waals surface area contributed by atoms with Crippen LogP contribution in [0, 0.1) is 0 Å².